The smallest absolute Gasteiger partial charge is 0.0233 e. The third kappa shape index (κ3) is 5.37. The topological polar surface area (TPSA) is 3.24 Å². The van der Waals surface area contributed by atoms with E-state index < -0.39 is 0 Å². The minimum atomic E-state index is 1.00. The fourth-order valence-corrected chi connectivity index (χ4v) is 3.12. The maximum absolute atomic E-state index is 2.41. The highest BCUT2D eigenvalue weighted by molar-refractivity contribution is 5.50. The summed E-state index contributed by atoms with van der Waals surface area (Å²) in [5.74, 6) is 0. The fourth-order valence-electron chi connectivity index (χ4n) is 3.12. The zero-order chi connectivity index (χ0) is 16.5. The van der Waals surface area contributed by atoms with E-state index in [1.807, 2.05) is 0 Å². The van der Waals surface area contributed by atoms with Crippen molar-refractivity contribution in [1.29, 1.82) is 0 Å². The van der Waals surface area contributed by atoms with Gasteiger partial charge in [0.25, 0.3) is 0 Å². The van der Waals surface area contributed by atoms with Gasteiger partial charge in [-0.05, 0) is 55.1 Å². The monoisotopic (exact) mass is 307 g/mol. The number of benzene rings is 2. The van der Waals surface area contributed by atoms with Gasteiger partial charge in [0.2, 0.25) is 0 Å². The normalized spacial score (nSPS) is 11.5. The van der Waals surface area contributed by atoms with Crippen molar-refractivity contribution in [1.82, 2.24) is 4.90 Å². The third-order valence-electron chi connectivity index (χ3n) is 4.22. The van der Waals surface area contributed by atoms with E-state index in [0.717, 1.165) is 25.9 Å². The van der Waals surface area contributed by atoms with Crippen LogP contribution in [0.5, 0.6) is 0 Å². The quantitative estimate of drug-likeness (QED) is 0.635. The summed E-state index contributed by atoms with van der Waals surface area (Å²) in [6.45, 7) is 6.71. The number of allylic oxidation sites excluding steroid dienone is 1. The molecule has 0 bridgehead atoms. The molecule has 0 aliphatic carbocycles. The van der Waals surface area contributed by atoms with E-state index in [0.29, 0.717) is 0 Å². The zero-order valence-electron chi connectivity index (χ0n) is 14.8. The van der Waals surface area contributed by atoms with Gasteiger partial charge in [0, 0.05) is 6.54 Å². The highest BCUT2D eigenvalue weighted by Gasteiger charge is 2.07. The molecule has 2 aromatic carbocycles. The van der Waals surface area contributed by atoms with Crippen molar-refractivity contribution in [3.05, 3.63) is 76.9 Å². The van der Waals surface area contributed by atoms with Crippen LogP contribution in [0.3, 0.4) is 0 Å². The molecule has 0 amide bonds. The molecule has 0 spiro atoms. The first kappa shape index (κ1) is 17.5. The Bertz CT molecular complexity index is 613. The summed E-state index contributed by atoms with van der Waals surface area (Å²) in [5.41, 5.74) is 5.73. The molecule has 0 aliphatic heterocycles. The predicted molar refractivity (Wildman–Crippen MR) is 102 cm³/mol. The highest BCUT2D eigenvalue weighted by Crippen LogP contribution is 2.19. The van der Waals surface area contributed by atoms with E-state index in [1.165, 1.54) is 28.7 Å². The lowest BCUT2D eigenvalue weighted by molar-refractivity contribution is 0.326. The maximum atomic E-state index is 2.41. The van der Waals surface area contributed by atoms with Crippen LogP contribution in [0.25, 0.3) is 6.08 Å². The SMILES string of the molecule is CCCN(C)Cc1cccc(C/C=C/c2ccccc2)c1CC. The fraction of sp³-hybridized carbons (Fsp3) is 0.364. The van der Waals surface area contributed by atoms with Crippen molar-refractivity contribution < 1.29 is 0 Å². The Morgan fingerprint density at radius 3 is 2.35 bits per heavy atom. The lowest BCUT2D eigenvalue weighted by Gasteiger charge is -2.19. The lowest BCUT2D eigenvalue weighted by atomic mass is 9.96. The second kappa shape index (κ2) is 9.32. The number of hydrogen-bond acceptors (Lipinski definition) is 1. The van der Waals surface area contributed by atoms with Crippen molar-refractivity contribution in [2.24, 2.45) is 0 Å². The van der Waals surface area contributed by atoms with Crippen molar-refractivity contribution >= 4 is 6.08 Å². The summed E-state index contributed by atoms with van der Waals surface area (Å²) in [4.78, 5) is 2.41. The molecule has 0 fully saturated rings. The first-order valence-corrected chi connectivity index (χ1v) is 8.74. The van der Waals surface area contributed by atoms with Crippen molar-refractivity contribution in [2.45, 2.75) is 39.7 Å². The largest absolute Gasteiger partial charge is 0.302 e. The average Bonchev–Trinajstić information content (AvgIpc) is 2.56. The molecule has 0 aromatic heterocycles. The average molecular weight is 307 g/mol. The van der Waals surface area contributed by atoms with Crippen LogP contribution in [-0.2, 0) is 19.4 Å². The van der Waals surface area contributed by atoms with Crippen LogP contribution >= 0.6 is 0 Å². The van der Waals surface area contributed by atoms with Crippen molar-refractivity contribution in [3.63, 3.8) is 0 Å². The molecule has 0 unspecified atom stereocenters. The van der Waals surface area contributed by atoms with Crippen LogP contribution in [0.2, 0.25) is 0 Å². The van der Waals surface area contributed by atoms with E-state index >= 15 is 0 Å². The molecule has 1 nitrogen and oxygen atoms in total. The summed E-state index contributed by atoms with van der Waals surface area (Å²) in [7, 11) is 2.21. The van der Waals surface area contributed by atoms with E-state index in [2.05, 4.69) is 86.5 Å². The third-order valence-corrected chi connectivity index (χ3v) is 4.22. The molecular formula is C22H29N. The Balaban J connectivity index is 2.11. The molecule has 2 rings (SSSR count). The Kier molecular flexibility index (Phi) is 7.09. The molecule has 0 heterocycles. The predicted octanol–water partition coefficient (Wildman–Crippen LogP) is 5.35. The lowest BCUT2D eigenvalue weighted by Crippen LogP contribution is -2.19. The molecule has 0 atom stereocenters. The molecule has 0 radical (unpaired) electrons. The van der Waals surface area contributed by atoms with Gasteiger partial charge < -0.3 is 4.90 Å². The zero-order valence-corrected chi connectivity index (χ0v) is 14.8. The van der Waals surface area contributed by atoms with Crippen LogP contribution in [0.4, 0.5) is 0 Å². The van der Waals surface area contributed by atoms with Gasteiger partial charge in [-0.3, -0.25) is 0 Å². The van der Waals surface area contributed by atoms with Gasteiger partial charge in [0.1, 0.15) is 0 Å². The van der Waals surface area contributed by atoms with Gasteiger partial charge >= 0.3 is 0 Å². The van der Waals surface area contributed by atoms with Gasteiger partial charge in [-0.15, -0.1) is 0 Å². The second-order valence-electron chi connectivity index (χ2n) is 6.16. The molecule has 0 saturated carbocycles. The van der Waals surface area contributed by atoms with Gasteiger partial charge in [-0.25, -0.2) is 0 Å². The van der Waals surface area contributed by atoms with Gasteiger partial charge in [-0.1, -0.05) is 74.5 Å². The summed E-state index contributed by atoms with van der Waals surface area (Å²) < 4.78 is 0. The van der Waals surface area contributed by atoms with Gasteiger partial charge in [0.05, 0.1) is 0 Å². The van der Waals surface area contributed by atoms with E-state index in [1.54, 1.807) is 0 Å². The minimum absolute atomic E-state index is 1.00. The number of hydrogen-bond donors (Lipinski definition) is 0. The van der Waals surface area contributed by atoms with Crippen molar-refractivity contribution in [2.75, 3.05) is 13.6 Å². The first-order valence-electron chi connectivity index (χ1n) is 8.74. The maximum Gasteiger partial charge on any atom is 0.0233 e. The molecule has 0 saturated heterocycles. The van der Waals surface area contributed by atoms with Crippen LogP contribution in [0, 0.1) is 0 Å². The summed E-state index contributed by atoms with van der Waals surface area (Å²) in [5, 5.41) is 0. The second-order valence-corrected chi connectivity index (χ2v) is 6.16. The van der Waals surface area contributed by atoms with Crippen LogP contribution in [0.1, 0.15) is 42.5 Å². The Morgan fingerprint density at radius 2 is 1.65 bits per heavy atom. The molecule has 0 N–H and O–H groups in total. The molecule has 2 aromatic rings. The molecule has 1 heteroatoms. The first-order chi connectivity index (χ1) is 11.2. The Morgan fingerprint density at radius 1 is 0.913 bits per heavy atom. The standard InChI is InChI=1S/C22H29N/c1-4-17-23(3)18-21-16-10-15-20(22(21)5-2)14-9-13-19-11-7-6-8-12-19/h6-13,15-16H,4-5,14,17-18H2,1-3H3/b13-9+. The van der Waals surface area contributed by atoms with E-state index in [9.17, 15) is 0 Å². The van der Waals surface area contributed by atoms with E-state index in [-0.39, 0.29) is 0 Å². The Hall–Kier alpha value is -1.86. The molecule has 122 valence electrons. The van der Waals surface area contributed by atoms with Crippen molar-refractivity contribution in [3.8, 4) is 0 Å². The van der Waals surface area contributed by atoms with Gasteiger partial charge in [-0.2, -0.15) is 0 Å². The summed E-state index contributed by atoms with van der Waals surface area (Å²) >= 11 is 0. The molecule has 23 heavy (non-hydrogen) atoms. The van der Waals surface area contributed by atoms with E-state index in [4.69, 9.17) is 0 Å². The van der Waals surface area contributed by atoms with Crippen LogP contribution in [0.15, 0.2) is 54.6 Å². The summed E-state index contributed by atoms with van der Waals surface area (Å²) in [6, 6.07) is 17.3. The minimum Gasteiger partial charge on any atom is -0.302 e. The van der Waals surface area contributed by atoms with Crippen LogP contribution in [-0.4, -0.2) is 18.5 Å². The Labute approximate surface area is 141 Å². The number of nitrogens with zero attached hydrogens (tertiary/aromatic N) is 1. The van der Waals surface area contributed by atoms with Crippen LogP contribution < -0.4 is 0 Å². The highest BCUT2D eigenvalue weighted by atomic mass is 15.1. The number of rotatable bonds is 8. The molecular weight excluding hydrogens is 278 g/mol. The summed E-state index contributed by atoms with van der Waals surface area (Å²) in [6.07, 6.45) is 7.81. The van der Waals surface area contributed by atoms with Gasteiger partial charge in [0.15, 0.2) is 0 Å². The molecule has 0 aliphatic rings.